The summed E-state index contributed by atoms with van der Waals surface area (Å²) < 4.78 is 0. The topological polar surface area (TPSA) is 17.1 Å². The molecule has 94 valence electrons. The molecule has 1 aromatic rings. The van der Waals surface area contributed by atoms with Crippen molar-refractivity contribution in [2.24, 2.45) is 0 Å². The normalized spacial score (nSPS) is 10.5. The minimum absolute atomic E-state index is 0.296. The lowest BCUT2D eigenvalue weighted by atomic mass is 10.0. The molecule has 0 bridgehead atoms. The second-order valence-electron chi connectivity index (χ2n) is 4.81. The molecular formula is C16H24O. The second-order valence-corrected chi connectivity index (χ2v) is 4.81. The molecule has 0 aromatic heterocycles. The van der Waals surface area contributed by atoms with Crippen LogP contribution in [0.3, 0.4) is 0 Å². The van der Waals surface area contributed by atoms with Gasteiger partial charge in [0.2, 0.25) is 0 Å². The van der Waals surface area contributed by atoms with Crippen LogP contribution >= 0.6 is 0 Å². The highest BCUT2D eigenvalue weighted by Crippen LogP contribution is 2.11. The number of hydrogen-bond donors (Lipinski definition) is 0. The van der Waals surface area contributed by atoms with E-state index < -0.39 is 0 Å². The number of aryl methyl sites for hydroxylation is 1. The molecule has 1 rings (SSSR count). The first-order valence-electron chi connectivity index (χ1n) is 6.84. The first-order valence-corrected chi connectivity index (χ1v) is 6.84. The van der Waals surface area contributed by atoms with Crippen molar-refractivity contribution in [3.63, 3.8) is 0 Å². The van der Waals surface area contributed by atoms with Gasteiger partial charge in [0.25, 0.3) is 0 Å². The van der Waals surface area contributed by atoms with Crippen molar-refractivity contribution in [2.45, 2.75) is 58.8 Å². The molecule has 17 heavy (non-hydrogen) atoms. The molecule has 0 N–H and O–H groups in total. The number of benzene rings is 1. The van der Waals surface area contributed by atoms with E-state index in [1.807, 2.05) is 31.2 Å². The van der Waals surface area contributed by atoms with Crippen molar-refractivity contribution in [3.8, 4) is 0 Å². The van der Waals surface area contributed by atoms with E-state index in [9.17, 15) is 4.79 Å². The van der Waals surface area contributed by atoms with Crippen LogP contribution in [-0.2, 0) is 0 Å². The average molecular weight is 232 g/mol. The second kappa shape index (κ2) is 8.05. The summed E-state index contributed by atoms with van der Waals surface area (Å²) in [7, 11) is 0. The highest BCUT2D eigenvalue weighted by Gasteiger charge is 2.04. The van der Waals surface area contributed by atoms with E-state index in [1.54, 1.807) is 0 Å². The summed E-state index contributed by atoms with van der Waals surface area (Å²) in [4.78, 5) is 11.9. The average Bonchev–Trinajstić information content (AvgIpc) is 2.33. The van der Waals surface area contributed by atoms with Crippen LogP contribution in [0.5, 0.6) is 0 Å². The van der Waals surface area contributed by atoms with Crippen molar-refractivity contribution in [3.05, 3.63) is 35.4 Å². The van der Waals surface area contributed by atoms with Gasteiger partial charge in [-0.2, -0.15) is 0 Å². The van der Waals surface area contributed by atoms with Gasteiger partial charge in [-0.25, -0.2) is 0 Å². The number of hydrogen-bond acceptors (Lipinski definition) is 1. The third-order valence-corrected chi connectivity index (χ3v) is 3.10. The lowest BCUT2D eigenvalue weighted by molar-refractivity contribution is 0.0979. The number of rotatable bonds is 8. The minimum Gasteiger partial charge on any atom is -0.294 e. The van der Waals surface area contributed by atoms with Gasteiger partial charge in [0.15, 0.2) is 5.78 Å². The Morgan fingerprint density at radius 1 is 1.06 bits per heavy atom. The van der Waals surface area contributed by atoms with Gasteiger partial charge >= 0.3 is 0 Å². The van der Waals surface area contributed by atoms with Crippen LogP contribution in [0.2, 0.25) is 0 Å². The molecule has 0 heterocycles. The van der Waals surface area contributed by atoms with Crippen molar-refractivity contribution >= 4 is 5.78 Å². The van der Waals surface area contributed by atoms with Crippen molar-refractivity contribution in [1.82, 2.24) is 0 Å². The third-order valence-electron chi connectivity index (χ3n) is 3.10. The first kappa shape index (κ1) is 14.0. The fourth-order valence-electron chi connectivity index (χ4n) is 2.03. The number of carbonyl (C=O) groups excluding carboxylic acids is 1. The number of unbranched alkanes of at least 4 members (excludes halogenated alkanes) is 5. The van der Waals surface area contributed by atoms with Gasteiger partial charge in [0.1, 0.15) is 0 Å². The van der Waals surface area contributed by atoms with Crippen LogP contribution in [-0.4, -0.2) is 5.78 Å². The molecule has 0 aliphatic rings. The maximum atomic E-state index is 11.9. The zero-order valence-electron chi connectivity index (χ0n) is 11.2. The molecule has 0 atom stereocenters. The fraction of sp³-hybridized carbons (Fsp3) is 0.562. The SMILES string of the molecule is CCCCCCCCC(=O)c1cccc(C)c1. The van der Waals surface area contributed by atoms with Crippen LogP contribution in [0, 0.1) is 6.92 Å². The number of Topliss-reactive ketones (excluding diaryl/α,β-unsaturated/α-hetero) is 1. The molecule has 0 fully saturated rings. The summed E-state index contributed by atoms with van der Waals surface area (Å²) in [5.41, 5.74) is 2.04. The van der Waals surface area contributed by atoms with Gasteiger partial charge in [0, 0.05) is 12.0 Å². The quantitative estimate of drug-likeness (QED) is 0.459. The van der Waals surface area contributed by atoms with Crippen LogP contribution in [0.1, 0.15) is 67.8 Å². The Kier molecular flexibility index (Phi) is 6.61. The van der Waals surface area contributed by atoms with E-state index in [0.717, 1.165) is 12.0 Å². The first-order chi connectivity index (χ1) is 8.24. The maximum Gasteiger partial charge on any atom is 0.162 e. The Morgan fingerprint density at radius 3 is 2.47 bits per heavy atom. The predicted molar refractivity (Wildman–Crippen MR) is 73.5 cm³/mol. The molecule has 0 aliphatic heterocycles. The zero-order chi connectivity index (χ0) is 12.5. The van der Waals surface area contributed by atoms with Gasteiger partial charge in [-0.1, -0.05) is 62.8 Å². The van der Waals surface area contributed by atoms with Gasteiger partial charge in [-0.3, -0.25) is 4.79 Å². The number of carbonyl (C=O) groups is 1. The Morgan fingerprint density at radius 2 is 1.76 bits per heavy atom. The van der Waals surface area contributed by atoms with Crippen LogP contribution in [0.25, 0.3) is 0 Å². The zero-order valence-corrected chi connectivity index (χ0v) is 11.2. The Balaban J connectivity index is 2.21. The summed E-state index contributed by atoms with van der Waals surface area (Å²) in [6.07, 6.45) is 8.13. The lowest BCUT2D eigenvalue weighted by Gasteiger charge is -2.02. The van der Waals surface area contributed by atoms with Gasteiger partial charge in [0.05, 0.1) is 0 Å². The van der Waals surface area contributed by atoms with E-state index in [2.05, 4.69) is 6.92 Å². The van der Waals surface area contributed by atoms with E-state index >= 15 is 0 Å². The summed E-state index contributed by atoms with van der Waals surface area (Å²) >= 11 is 0. The van der Waals surface area contributed by atoms with Crippen LogP contribution in [0.4, 0.5) is 0 Å². The van der Waals surface area contributed by atoms with E-state index in [4.69, 9.17) is 0 Å². The molecule has 0 spiro atoms. The number of ketones is 1. The molecule has 1 nitrogen and oxygen atoms in total. The standard InChI is InChI=1S/C16H24O/c1-3-4-5-6-7-8-12-16(17)15-11-9-10-14(2)13-15/h9-11,13H,3-8,12H2,1-2H3. The molecule has 0 saturated carbocycles. The van der Waals surface area contributed by atoms with Gasteiger partial charge < -0.3 is 0 Å². The minimum atomic E-state index is 0.296. The monoisotopic (exact) mass is 232 g/mol. The summed E-state index contributed by atoms with van der Waals surface area (Å²) in [5, 5.41) is 0. The van der Waals surface area contributed by atoms with E-state index in [0.29, 0.717) is 12.2 Å². The van der Waals surface area contributed by atoms with Crippen molar-refractivity contribution in [1.29, 1.82) is 0 Å². The predicted octanol–water partition coefficient (Wildman–Crippen LogP) is 4.93. The highest BCUT2D eigenvalue weighted by atomic mass is 16.1. The highest BCUT2D eigenvalue weighted by molar-refractivity contribution is 5.96. The maximum absolute atomic E-state index is 11.9. The Bertz CT molecular complexity index is 341. The summed E-state index contributed by atoms with van der Waals surface area (Å²) in [6.45, 7) is 4.25. The summed E-state index contributed by atoms with van der Waals surface area (Å²) in [5.74, 6) is 0.296. The molecule has 0 radical (unpaired) electrons. The van der Waals surface area contributed by atoms with Crippen molar-refractivity contribution in [2.75, 3.05) is 0 Å². The molecule has 0 unspecified atom stereocenters. The Labute approximate surface area is 105 Å². The van der Waals surface area contributed by atoms with Crippen molar-refractivity contribution < 1.29 is 4.79 Å². The molecule has 0 amide bonds. The van der Waals surface area contributed by atoms with E-state index in [-0.39, 0.29) is 0 Å². The molecule has 1 aromatic carbocycles. The molecular weight excluding hydrogens is 208 g/mol. The van der Waals surface area contributed by atoms with Crippen LogP contribution in [0.15, 0.2) is 24.3 Å². The van der Waals surface area contributed by atoms with Crippen LogP contribution < -0.4 is 0 Å². The smallest absolute Gasteiger partial charge is 0.162 e. The van der Waals surface area contributed by atoms with E-state index in [1.165, 1.54) is 37.7 Å². The molecule has 0 saturated heterocycles. The van der Waals surface area contributed by atoms with Gasteiger partial charge in [-0.05, 0) is 19.4 Å². The molecule has 1 heteroatoms. The fourth-order valence-corrected chi connectivity index (χ4v) is 2.03. The van der Waals surface area contributed by atoms with Gasteiger partial charge in [-0.15, -0.1) is 0 Å². The Hall–Kier alpha value is -1.11. The lowest BCUT2D eigenvalue weighted by Crippen LogP contribution is -1.99. The largest absolute Gasteiger partial charge is 0.294 e. The molecule has 0 aliphatic carbocycles. The summed E-state index contributed by atoms with van der Waals surface area (Å²) in [6, 6.07) is 7.90. The third kappa shape index (κ3) is 5.67.